The van der Waals surface area contributed by atoms with Crippen molar-refractivity contribution in [3.05, 3.63) is 69.1 Å². The molecule has 0 radical (unpaired) electrons. The van der Waals surface area contributed by atoms with Crippen molar-refractivity contribution in [1.29, 1.82) is 0 Å². The van der Waals surface area contributed by atoms with Crippen LogP contribution in [0.4, 0.5) is 10.5 Å². The second-order valence-electron chi connectivity index (χ2n) is 7.70. The highest BCUT2D eigenvalue weighted by Gasteiger charge is 2.28. The summed E-state index contributed by atoms with van der Waals surface area (Å²) in [6, 6.07) is 14.4. The molecule has 1 atom stereocenters. The van der Waals surface area contributed by atoms with E-state index in [1.807, 2.05) is 24.3 Å². The molecule has 2 aromatic carbocycles. The van der Waals surface area contributed by atoms with Crippen LogP contribution in [0.1, 0.15) is 39.1 Å². The number of hydrogen-bond donors (Lipinski definition) is 2. The highest BCUT2D eigenvalue weighted by Crippen LogP contribution is 2.29. The third kappa shape index (κ3) is 6.00. The average molecular weight is 486 g/mol. The van der Waals surface area contributed by atoms with Crippen LogP contribution >= 0.6 is 22.9 Å². The van der Waals surface area contributed by atoms with Crippen LogP contribution in [-0.4, -0.2) is 47.2 Å². The number of urea groups is 1. The zero-order valence-corrected chi connectivity index (χ0v) is 19.7. The van der Waals surface area contributed by atoms with Gasteiger partial charge in [-0.15, -0.1) is 10.2 Å². The molecule has 1 aliphatic rings. The molecule has 8 nitrogen and oxygen atoms in total. The molecule has 10 heteroatoms. The number of amides is 3. The van der Waals surface area contributed by atoms with E-state index in [2.05, 4.69) is 20.8 Å². The standard InChI is InChI=1S/C23H24ClN5O3S/c1-32-19-6-2-4-15(12-19)13-25-23(31)29-11-3-5-16(14-29)21-27-28-22(33-21)20(30)26-18-9-7-17(24)8-10-18/h2,4,6-10,12,16H,3,5,11,13-14H2,1H3,(H,25,31)(H,26,30). The molecular weight excluding hydrogens is 462 g/mol. The Kier molecular flexibility index (Phi) is 7.41. The van der Waals surface area contributed by atoms with Gasteiger partial charge in [-0.05, 0) is 54.8 Å². The quantitative estimate of drug-likeness (QED) is 0.534. The minimum absolute atomic E-state index is 0.0518. The molecule has 33 heavy (non-hydrogen) atoms. The first-order valence-corrected chi connectivity index (χ1v) is 11.8. The van der Waals surface area contributed by atoms with Gasteiger partial charge in [-0.1, -0.05) is 35.1 Å². The first-order chi connectivity index (χ1) is 16.0. The van der Waals surface area contributed by atoms with Gasteiger partial charge in [-0.25, -0.2) is 4.79 Å². The second kappa shape index (κ2) is 10.6. The summed E-state index contributed by atoms with van der Waals surface area (Å²) in [6.07, 6.45) is 1.76. The smallest absolute Gasteiger partial charge is 0.317 e. The molecule has 2 N–H and O–H groups in total. The second-order valence-corrected chi connectivity index (χ2v) is 9.15. The van der Waals surface area contributed by atoms with Crippen LogP contribution < -0.4 is 15.4 Å². The third-order valence-corrected chi connectivity index (χ3v) is 6.71. The molecule has 0 aliphatic carbocycles. The van der Waals surface area contributed by atoms with Gasteiger partial charge >= 0.3 is 6.03 Å². The Morgan fingerprint density at radius 1 is 1.21 bits per heavy atom. The predicted octanol–water partition coefficient (Wildman–Crippen LogP) is 4.54. The van der Waals surface area contributed by atoms with Gasteiger partial charge < -0.3 is 20.3 Å². The number of hydrogen-bond acceptors (Lipinski definition) is 6. The van der Waals surface area contributed by atoms with Crippen LogP contribution in [0.15, 0.2) is 48.5 Å². The summed E-state index contributed by atoms with van der Waals surface area (Å²) in [5, 5.41) is 15.7. The number of methoxy groups -OCH3 is 1. The normalized spacial score (nSPS) is 15.7. The lowest BCUT2D eigenvalue weighted by atomic mass is 9.99. The largest absolute Gasteiger partial charge is 0.497 e. The van der Waals surface area contributed by atoms with Crippen LogP contribution in [0.2, 0.25) is 5.02 Å². The molecule has 2 heterocycles. The van der Waals surface area contributed by atoms with Crippen molar-refractivity contribution in [1.82, 2.24) is 20.4 Å². The van der Waals surface area contributed by atoms with E-state index in [0.29, 0.717) is 35.4 Å². The Bertz CT molecular complexity index is 1120. The minimum atomic E-state index is -0.315. The van der Waals surface area contributed by atoms with Crippen molar-refractivity contribution >= 4 is 40.6 Å². The maximum absolute atomic E-state index is 12.7. The van der Waals surface area contributed by atoms with Gasteiger partial charge in [0.2, 0.25) is 5.01 Å². The van der Waals surface area contributed by atoms with E-state index in [1.165, 1.54) is 11.3 Å². The maximum atomic E-state index is 12.7. The molecule has 1 aromatic heterocycles. The lowest BCUT2D eigenvalue weighted by Crippen LogP contribution is -2.44. The van der Waals surface area contributed by atoms with Gasteiger partial charge in [0.05, 0.1) is 7.11 Å². The van der Waals surface area contributed by atoms with E-state index >= 15 is 0 Å². The SMILES string of the molecule is COc1cccc(CNC(=O)N2CCCC(c3nnc(C(=O)Nc4ccc(Cl)cc4)s3)C2)c1. The Morgan fingerprint density at radius 2 is 2.03 bits per heavy atom. The molecule has 0 spiro atoms. The summed E-state index contributed by atoms with van der Waals surface area (Å²) in [5.74, 6) is 0.493. The average Bonchev–Trinajstić information content (AvgIpc) is 3.35. The molecular formula is C23H24ClN5O3S. The number of halogens is 1. The summed E-state index contributed by atoms with van der Waals surface area (Å²) >= 11 is 7.15. The number of nitrogens with zero attached hydrogens (tertiary/aromatic N) is 3. The maximum Gasteiger partial charge on any atom is 0.317 e. The Balaban J connectivity index is 1.33. The number of rotatable bonds is 6. The van der Waals surface area contributed by atoms with Gasteiger partial charge in [-0.3, -0.25) is 4.79 Å². The minimum Gasteiger partial charge on any atom is -0.497 e. The molecule has 4 rings (SSSR count). The van der Waals surface area contributed by atoms with Gasteiger partial charge in [0.1, 0.15) is 10.8 Å². The molecule has 3 amide bonds. The van der Waals surface area contributed by atoms with E-state index in [9.17, 15) is 9.59 Å². The van der Waals surface area contributed by atoms with Gasteiger partial charge in [0.15, 0.2) is 0 Å². The van der Waals surface area contributed by atoms with Gasteiger partial charge in [-0.2, -0.15) is 0 Å². The molecule has 3 aromatic rings. The third-order valence-electron chi connectivity index (χ3n) is 5.37. The van der Waals surface area contributed by atoms with Gasteiger partial charge in [0.25, 0.3) is 5.91 Å². The van der Waals surface area contributed by atoms with Crippen LogP contribution in [0.5, 0.6) is 5.75 Å². The topological polar surface area (TPSA) is 96.4 Å². The Labute approximate surface area is 200 Å². The Morgan fingerprint density at radius 3 is 2.82 bits per heavy atom. The number of ether oxygens (including phenoxy) is 1. The van der Waals surface area contributed by atoms with Crippen molar-refractivity contribution in [3.63, 3.8) is 0 Å². The van der Waals surface area contributed by atoms with Gasteiger partial charge in [0, 0.05) is 36.3 Å². The van der Waals surface area contributed by atoms with Crippen molar-refractivity contribution < 1.29 is 14.3 Å². The first kappa shape index (κ1) is 23.0. The number of carbonyl (C=O) groups excluding carboxylic acids is 2. The van der Waals surface area contributed by atoms with E-state index in [4.69, 9.17) is 16.3 Å². The lowest BCUT2D eigenvalue weighted by Gasteiger charge is -2.31. The lowest BCUT2D eigenvalue weighted by molar-refractivity contribution is 0.102. The van der Waals surface area contributed by atoms with Crippen LogP contribution in [0.25, 0.3) is 0 Å². The predicted molar refractivity (Wildman–Crippen MR) is 128 cm³/mol. The zero-order valence-electron chi connectivity index (χ0n) is 18.1. The summed E-state index contributed by atoms with van der Waals surface area (Å²) in [6.45, 7) is 1.64. The number of nitrogens with one attached hydrogen (secondary N) is 2. The molecule has 1 aliphatic heterocycles. The van der Waals surface area contributed by atoms with Crippen molar-refractivity contribution in [2.45, 2.75) is 25.3 Å². The van der Waals surface area contributed by atoms with Crippen LogP contribution in [-0.2, 0) is 6.54 Å². The summed E-state index contributed by atoms with van der Waals surface area (Å²) in [4.78, 5) is 27.0. The number of anilines is 1. The van der Waals surface area contributed by atoms with E-state index in [-0.39, 0.29) is 17.9 Å². The Hall–Kier alpha value is -3.17. The highest BCUT2D eigenvalue weighted by atomic mass is 35.5. The molecule has 1 saturated heterocycles. The zero-order chi connectivity index (χ0) is 23.2. The van der Waals surface area contributed by atoms with Crippen molar-refractivity contribution in [2.75, 3.05) is 25.5 Å². The number of likely N-dealkylation sites (tertiary alicyclic amines) is 1. The molecule has 0 saturated carbocycles. The molecule has 0 bridgehead atoms. The number of aromatic nitrogens is 2. The van der Waals surface area contributed by atoms with Crippen molar-refractivity contribution in [3.8, 4) is 5.75 Å². The molecule has 1 fully saturated rings. The van der Waals surface area contributed by atoms with Crippen molar-refractivity contribution in [2.24, 2.45) is 0 Å². The molecule has 1 unspecified atom stereocenters. The van der Waals surface area contributed by atoms with Crippen LogP contribution in [0, 0.1) is 0 Å². The summed E-state index contributed by atoms with van der Waals surface area (Å²) in [5.41, 5.74) is 1.61. The number of carbonyl (C=O) groups is 2. The summed E-state index contributed by atoms with van der Waals surface area (Å²) in [7, 11) is 1.62. The fraction of sp³-hybridized carbons (Fsp3) is 0.304. The molecule has 172 valence electrons. The van der Waals surface area contributed by atoms with E-state index in [0.717, 1.165) is 29.2 Å². The van der Waals surface area contributed by atoms with Crippen LogP contribution in [0.3, 0.4) is 0 Å². The fourth-order valence-electron chi connectivity index (χ4n) is 3.64. The first-order valence-electron chi connectivity index (χ1n) is 10.6. The number of benzene rings is 2. The monoisotopic (exact) mass is 485 g/mol. The van der Waals surface area contributed by atoms with E-state index < -0.39 is 0 Å². The highest BCUT2D eigenvalue weighted by molar-refractivity contribution is 7.13. The number of piperidine rings is 1. The fourth-order valence-corrected chi connectivity index (χ4v) is 4.63. The summed E-state index contributed by atoms with van der Waals surface area (Å²) < 4.78 is 5.23. The van der Waals surface area contributed by atoms with E-state index in [1.54, 1.807) is 36.3 Å².